The molecule has 2 aromatic carbocycles. The van der Waals surface area contributed by atoms with Crippen LogP contribution < -0.4 is 10.9 Å². The van der Waals surface area contributed by atoms with Crippen molar-refractivity contribution in [2.45, 2.75) is 26.9 Å². The Morgan fingerprint density at radius 1 is 1.06 bits per heavy atom. The van der Waals surface area contributed by atoms with Crippen molar-refractivity contribution in [1.82, 2.24) is 24.5 Å². The van der Waals surface area contributed by atoms with Crippen LogP contribution in [0.2, 0.25) is 0 Å². The zero-order valence-electron chi connectivity index (χ0n) is 17.1. The molecule has 4 aromatic rings. The van der Waals surface area contributed by atoms with Gasteiger partial charge in [0.1, 0.15) is 12.9 Å². The van der Waals surface area contributed by atoms with Gasteiger partial charge in [-0.05, 0) is 49.2 Å². The number of fused-ring (bicyclic) bond motifs is 1. The molecule has 156 valence electrons. The Kier molecular flexibility index (Phi) is 5.40. The smallest absolute Gasteiger partial charge is 0.283 e. The molecule has 0 aliphatic rings. The van der Waals surface area contributed by atoms with Gasteiger partial charge in [-0.25, -0.2) is 9.67 Å². The van der Waals surface area contributed by atoms with Crippen LogP contribution in [0.25, 0.3) is 11.2 Å². The highest BCUT2D eigenvalue weighted by molar-refractivity contribution is 5.95. The van der Waals surface area contributed by atoms with E-state index >= 15 is 0 Å². The highest BCUT2D eigenvalue weighted by Gasteiger charge is 2.14. The third kappa shape index (κ3) is 4.25. The minimum atomic E-state index is -0.442. The van der Waals surface area contributed by atoms with E-state index in [-0.39, 0.29) is 17.8 Å². The van der Waals surface area contributed by atoms with Crippen molar-refractivity contribution >= 4 is 28.5 Å². The van der Waals surface area contributed by atoms with Gasteiger partial charge < -0.3 is 5.32 Å². The van der Waals surface area contributed by atoms with E-state index < -0.39 is 11.5 Å². The molecule has 0 fully saturated rings. The van der Waals surface area contributed by atoms with E-state index in [0.717, 1.165) is 11.1 Å². The first-order chi connectivity index (χ1) is 14.9. The van der Waals surface area contributed by atoms with Crippen LogP contribution in [0, 0.1) is 6.92 Å². The van der Waals surface area contributed by atoms with Gasteiger partial charge in [0, 0.05) is 11.3 Å². The SMILES string of the molecule is CC(=O)c1ccc(NC(=O)Cn2cnc3c(nnn3Cc3ccccc3C)c2=O)cc1. The third-order valence-corrected chi connectivity index (χ3v) is 4.96. The van der Waals surface area contributed by atoms with Gasteiger partial charge in [-0.2, -0.15) is 0 Å². The van der Waals surface area contributed by atoms with Crippen molar-refractivity contribution in [3.05, 3.63) is 81.9 Å². The maximum atomic E-state index is 12.8. The van der Waals surface area contributed by atoms with Gasteiger partial charge in [0.2, 0.25) is 5.91 Å². The van der Waals surface area contributed by atoms with E-state index in [2.05, 4.69) is 20.6 Å². The van der Waals surface area contributed by atoms with Crippen LogP contribution in [0.4, 0.5) is 5.69 Å². The Balaban J connectivity index is 1.52. The second-order valence-corrected chi connectivity index (χ2v) is 7.21. The Morgan fingerprint density at radius 2 is 1.81 bits per heavy atom. The first kappa shape index (κ1) is 20.1. The zero-order valence-corrected chi connectivity index (χ0v) is 17.1. The molecule has 0 unspecified atom stereocenters. The molecule has 1 N–H and O–H groups in total. The third-order valence-electron chi connectivity index (χ3n) is 4.96. The summed E-state index contributed by atoms with van der Waals surface area (Å²) in [5.74, 6) is -0.453. The summed E-state index contributed by atoms with van der Waals surface area (Å²) in [6, 6.07) is 14.4. The lowest BCUT2D eigenvalue weighted by Crippen LogP contribution is -2.28. The van der Waals surface area contributed by atoms with E-state index in [1.54, 1.807) is 28.9 Å². The lowest BCUT2D eigenvalue weighted by atomic mass is 10.1. The van der Waals surface area contributed by atoms with E-state index in [0.29, 0.717) is 23.4 Å². The predicted octanol–water partition coefficient (Wildman–Crippen LogP) is 2.19. The van der Waals surface area contributed by atoms with Crippen molar-refractivity contribution in [1.29, 1.82) is 0 Å². The summed E-state index contributed by atoms with van der Waals surface area (Å²) >= 11 is 0. The minimum absolute atomic E-state index is 0.0562. The van der Waals surface area contributed by atoms with Crippen molar-refractivity contribution in [3.8, 4) is 0 Å². The number of nitrogens with zero attached hydrogens (tertiary/aromatic N) is 5. The maximum Gasteiger partial charge on any atom is 0.283 e. The van der Waals surface area contributed by atoms with Gasteiger partial charge in [0.25, 0.3) is 5.56 Å². The topological polar surface area (TPSA) is 112 Å². The molecule has 9 nitrogen and oxygen atoms in total. The maximum absolute atomic E-state index is 12.8. The molecule has 2 aromatic heterocycles. The molecular weight excluding hydrogens is 396 g/mol. The number of anilines is 1. The highest BCUT2D eigenvalue weighted by atomic mass is 16.2. The van der Waals surface area contributed by atoms with E-state index in [4.69, 9.17) is 0 Å². The number of nitrogens with one attached hydrogen (secondary N) is 1. The Labute approximate surface area is 177 Å². The highest BCUT2D eigenvalue weighted by Crippen LogP contribution is 2.12. The summed E-state index contributed by atoms with van der Waals surface area (Å²) < 4.78 is 2.76. The van der Waals surface area contributed by atoms with Gasteiger partial charge in [0.15, 0.2) is 16.9 Å². The molecule has 0 spiro atoms. The van der Waals surface area contributed by atoms with E-state index in [1.807, 2.05) is 31.2 Å². The Bertz CT molecular complexity index is 1340. The molecule has 9 heteroatoms. The molecule has 0 aliphatic carbocycles. The molecule has 0 aliphatic heterocycles. The first-order valence-electron chi connectivity index (χ1n) is 9.66. The number of carbonyl (C=O) groups excluding carboxylic acids is 2. The second-order valence-electron chi connectivity index (χ2n) is 7.21. The molecule has 0 radical (unpaired) electrons. The van der Waals surface area contributed by atoms with E-state index in [9.17, 15) is 14.4 Å². The molecular formula is C22H20N6O3. The number of rotatable bonds is 6. The van der Waals surface area contributed by atoms with Gasteiger partial charge >= 0.3 is 0 Å². The van der Waals surface area contributed by atoms with Crippen molar-refractivity contribution < 1.29 is 9.59 Å². The lowest BCUT2D eigenvalue weighted by molar-refractivity contribution is -0.116. The summed E-state index contributed by atoms with van der Waals surface area (Å²) in [6.07, 6.45) is 1.32. The fourth-order valence-electron chi connectivity index (χ4n) is 3.20. The fourth-order valence-corrected chi connectivity index (χ4v) is 3.20. The average Bonchev–Trinajstić information content (AvgIpc) is 3.15. The number of ketones is 1. The van der Waals surface area contributed by atoms with Crippen LogP contribution in [0.1, 0.15) is 28.4 Å². The van der Waals surface area contributed by atoms with Gasteiger partial charge in [-0.3, -0.25) is 19.0 Å². The molecule has 0 saturated heterocycles. The van der Waals surface area contributed by atoms with Crippen LogP contribution in [0.5, 0.6) is 0 Å². The number of hydrogen-bond donors (Lipinski definition) is 1. The summed E-state index contributed by atoms with van der Waals surface area (Å²) in [5, 5.41) is 10.7. The Morgan fingerprint density at radius 3 is 2.52 bits per heavy atom. The van der Waals surface area contributed by atoms with Gasteiger partial charge in [-0.1, -0.05) is 29.5 Å². The average molecular weight is 416 g/mol. The Hall–Kier alpha value is -4.14. The van der Waals surface area contributed by atoms with Crippen LogP contribution in [0.3, 0.4) is 0 Å². The summed E-state index contributed by atoms with van der Waals surface area (Å²) in [4.78, 5) is 40.8. The molecule has 0 bridgehead atoms. The first-order valence-corrected chi connectivity index (χ1v) is 9.66. The monoisotopic (exact) mass is 416 g/mol. The standard InChI is InChI=1S/C22H20N6O3/c1-14-5-3-4-6-17(14)11-28-21-20(25-26-28)22(31)27(13-23-21)12-19(30)24-18-9-7-16(8-10-18)15(2)29/h3-10,13H,11-12H2,1-2H3,(H,24,30). The lowest BCUT2D eigenvalue weighted by Gasteiger charge is -2.08. The number of aryl methyl sites for hydroxylation is 1. The van der Waals surface area contributed by atoms with Crippen LogP contribution in [-0.2, 0) is 17.9 Å². The molecule has 0 saturated carbocycles. The number of carbonyl (C=O) groups is 2. The number of Topliss-reactive ketones (excluding diaryl/α,β-unsaturated/α-hetero) is 1. The van der Waals surface area contributed by atoms with Crippen molar-refractivity contribution in [2.24, 2.45) is 0 Å². The minimum Gasteiger partial charge on any atom is -0.325 e. The molecule has 31 heavy (non-hydrogen) atoms. The van der Waals surface area contributed by atoms with E-state index in [1.165, 1.54) is 17.8 Å². The summed E-state index contributed by atoms with van der Waals surface area (Å²) in [7, 11) is 0. The molecule has 0 atom stereocenters. The van der Waals surface area contributed by atoms with Gasteiger partial charge in [0.05, 0.1) is 6.54 Å². The molecule has 4 rings (SSSR count). The van der Waals surface area contributed by atoms with Crippen molar-refractivity contribution in [2.75, 3.05) is 5.32 Å². The predicted molar refractivity (Wildman–Crippen MR) is 115 cm³/mol. The number of benzene rings is 2. The van der Waals surface area contributed by atoms with Crippen LogP contribution in [-0.4, -0.2) is 36.2 Å². The quantitative estimate of drug-likeness (QED) is 0.482. The van der Waals surface area contributed by atoms with Crippen LogP contribution in [0.15, 0.2) is 59.7 Å². The number of hydrogen-bond acceptors (Lipinski definition) is 6. The summed E-state index contributed by atoms with van der Waals surface area (Å²) in [6.45, 7) is 3.69. The molecule has 2 heterocycles. The fraction of sp³-hybridized carbons (Fsp3) is 0.182. The van der Waals surface area contributed by atoms with Crippen LogP contribution >= 0.6 is 0 Å². The zero-order chi connectivity index (χ0) is 22.0. The largest absolute Gasteiger partial charge is 0.325 e. The molecule has 1 amide bonds. The number of amides is 1. The normalized spacial score (nSPS) is 10.9. The summed E-state index contributed by atoms with van der Waals surface area (Å²) in [5.41, 5.74) is 3.27. The van der Waals surface area contributed by atoms with Gasteiger partial charge in [-0.15, -0.1) is 5.10 Å². The van der Waals surface area contributed by atoms with Crippen molar-refractivity contribution in [3.63, 3.8) is 0 Å². The second kappa shape index (κ2) is 8.31. The number of aromatic nitrogens is 5.